The Bertz CT molecular complexity index is 525. The Morgan fingerprint density at radius 2 is 2.00 bits per heavy atom. The Hall–Kier alpha value is -1.91. The number of hydrogen-bond donors (Lipinski definition) is 0. The molecule has 0 aliphatic carbocycles. The Morgan fingerprint density at radius 1 is 1.27 bits per heavy atom. The molecule has 0 radical (unpaired) electrons. The van der Waals surface area contributed by atoms with Gasteiger partial charge >= 0.3 is 6.09 Å². The van der Waals surface area contributed by atoms with E-state index < -0.39 is 5.60 Å². The van der Waals surface area contributed by atoms with E-state index in [1.54, 1.807) is 12.0 Å². The maximum absolute atomic E-state index is 12.2. The summed E-state index contributed by atoms with van der Waals surface area (Å²) in [4.78, 5) is 16.2. The Labute approximate surface area is 132 Å². The summed E-state index contributed by atoms with van der Waals surface area (Å²) < 4.78 is 10.7. The molecule has 0 saturated carbocycles. The van der Waals surface area contributed by atoms with Gasteiger partial charge in [-0.25, -0.2) is 4.79 Å². The highest BCUT2D eigenvalue weighted by atomic mass is 16.6. The van der Waals surface area contributed by atoms with Crippen LogP contribution >= 0.6 is 0 Å². The van der Waals surface area contributed by atoms with Gasteiger partial charge in [-0.3, -0.25) is 0 Å². The van der Waals surface area contributed by atoms with E-state index in [9.17, 15) is 4.79 Å². The number of benzene rings is 1. The lowest BCUT2D eigenvalue weighted by Crippen LogP contribution is -2.54. The molecule has 1 heterocycles. The van der Waals surface area contributed by atoms with Crippen molar-refractivity contribution >= 4 is 11.8 Å². The quantitative estimate of drug-likeness (QED) is 0.842. The molecule has 5 nitrogen and oxygen atoms in total. The fraction of sp³-hybridized carbons (Fsp3) is 0.588. The van der Waals surface area contributed by atoms with Crippen LogP contribution in [0.4, 0.5) is 10.5 Å². The van der Waals surface area contributed by atoms with Gasteiger partial charge in [0.2, 0.25) is 0 Å². The summed E-state index contributed by atoms with van der Waals surface area (Å²) in [5, 5.41) is 0. The standard InChI is InChI=1S/C17H26N2O3/c1-13-12-18(16(20)22-17(2,3)4)9-10-19(13)14-7-6-8-15(11-14)21-5/h6-8,11,13H,9-10,12H2,1-5H3/t13-/m1/s1. The minimum Gasteiger partial charge on any atom is -0.497 e. The van der Waals surface area contributed by atoms with E-state index in [0.717, 1.165) is 18.0 Å². The highest BCUT2D eigenvalue weighted by molar-refractivity contribution is 5.69. The van der Waals surface area contributed by atoms with Crippen molar-refractivity contribution in [2.45, 2.75) is 39.3 Å². The molecule has 0 bridgehead atoms. The third-order valence-corrected chi connectivity index (χ3v) is 3.66. The van der Waals surface area contributed by atoms with Crippen LogP contribution in [0.1, 0.15) is 27.7 Å². The number of piperazine rings is 1. The van der Waals surface area contributed by atoms with Gasteiger partial charge in [0, 0.05) is 37.4 Å². The minimum atomic E-state index is -0.454. The van der Waals surface area contributed by atoms with Gasteiger partial charge in [-0.2, -0.15) is 0 Å². The van der Waals surface area contributed by atoms with Crippen molar-refractivity contribution in [1.29, 1.82) is 0 Å². The normalized spacial score (nSPS) is 19.0. The first-order valence-electron chi connectivity index (χ1n) is 7.69. The molecule has 1 aliphatic rings. The van der Waals surface area contributed by atoms with Crippen LogP contribution in [0.5, 0.6) is 5.75 Å². The summed E-state index contributed by atoms with van der Waals surface area (Å²) in [6.45, 7) is 9.90. The number of nitrogens with zero attached hydrogens (tertiary/aromatic N) is 2. The topological polar surface area (TPSA) is 42.0 Å². The summed E-state index contributed by atoms with van der Waals surface area (Å²) in [6, 6.07) is 8.25. The molecule has 22 heavy (non-hydrogen) atoms. The molecular formula is C17H26N2O3. The number of rotatable bonds is 2. The summed E-state index contributed by atoms with van der Waals surface area (Å²) in [5.41, 5.74) is 0.667. The molecule has 1 amide bonds. The second-order valence-corrected chi connectivity index (χ2v) is 6.67. The molecule has 1 saturated heterocycles. The zero-order valence-electron chi connectivity index (χ0n) is 14.1. The van der Waals surface area contributed by atoms with Gasteiger partial charge in [0.25, 0.3) is 0 Å². The molecule has 2 rings (SSSR count). The molecule has 1 atom stereocenters. The first-order chi connectivity index (χ1) is 10.3. The molecule has 1 aromatic rings. The van der Waals surface area contributed by atoms with Crippen LogP contribution in [0, 0.1) is 0 Å². The number of ether oxygens (including phenoxy) is 2. The van der Waals surface area contributed by atoms with E-state index in [2.05, 4.69) is 17.9 Å². The zero-order chi connectivity index (χ0) is 16.3. The Balaban J connectivity index is 2.02. The number of methoxy groups -OCH3 is 1. The van der Waals surface area contributed by atoms with E-state index in [-0.39, 0.29) is 12.1 Å². The van der Waals surface area contributed by atoms with Gasteiger partial charge in [-0.15, -0.1) is 0 Å². The van der Waals surface area contributed by atoms with E-state index in [1.807, 2.05) is 39.0 Å². The monoisotopic (exact) mass is 306 g/mol. The van der Waals surface area contributed by atoms with Gasteiger partial charge in [-0.1, -0.05) is 6.07 Å². The number of carbonyl (C=O) groups is 1. The van der Waals surface area contributed by atoms with Crippen molar-refractivity contribution < 1.29 is 14.3 Å². The van der Waals surface area contributed by atoms with Crippen LogP contribution in [0.15, 0.2) is 24.3 Å². The number of carbonyl (C=O) groups excluding carboxylic acids is 1. The van der Waals surface area contributed by atoms with Crippen molar-refractivity contribution in [1.82, 2.24) is 4.90 Å². The molecule has 1 fully saturated rings. The predicted molar refractivity (Wildman–Crippen MR) is 87.6 cm³/mol. The highest BCUT2D eigenvalue weighted by Gasteiger charge is 2.29. The lowest BCUT2D eigenvalue weighted by Gasteiger charge is -2.41. The van der Waals surface area contributed by atoms with Crippen molar-refractivity contribution in [2.24, 2.45) is 0 Å². The maximum atomic E-state index is 12.2. The molecule has 122 valence electrons. The van der Waals surface area contributed by atoms with Crippen molar-refractivity contribution in [3.63, 3.8) is 0 Å². The van der Waals surface area contributed by atoms with Crippen LogP contribution in [0.2, 0.25) is 0 Å². The average Bonchev–Trinajstić information content (AvgIpc) is 2.45. The van der Waals surface area contributed by atoms with Gasteiger partial charge in [0.15, 0.2) is 0 Å². The van der Waals surface area contributed by atoms with E-state index in [4.69, 9.17) is 9.47 Å². The van der Waals surface area contributed by atoms with Crippen molar-refractivity contribution in [2.75, 3.05) is 31.6 Å². The molecule has 0 N–H and O–H groups in total. The lowest BCUT2D eigenvalue weighted by atomic mass is 10.1. The van der Waals surface area contributed by atoms with Gasteiger partial charge in [-0.05, 0) is 39.8 Å². The third kappa shape index (κ3) is 4.06. The molecule has 0 spiro atoms. The van der Waals surface area contributed by atoms with Gasteiger partial charge in [0.05, 0.1) is 7.11 Å². The summed E-state index contributed by atoms with van der Waals surface area (Å²) in [7, 11) is 1.67. The highest BCUT2D eigenvalue weighted by Crippen LogP contribution is 2.25. The van der Waals surface area contributed by atoms with Crippen LogP contribution < -0.4 is 9.64 Å². The molecular weight excluding hydrogens is 280 g/mol. The minimum absolute atomic E-state index is 0.230. The summed E-state index contributed by atoms with van der Waals surface area (Å²) in [6.07, 6.45) is -0.232. The largest absolute Gasteiger partial charge is 0.497 e. The summed E-state index contributed by atoms with van der Waals surface area (Å²) >= 11 is 0. The molecule has 1 aromatic carbocycles. The number of hydrogen-bond acceptors (Lipinski definition) is 4. The second-order valence-electron chi connectivity index (χ2n) is 6.67. The second kappa shape index (κ2) is 6.46. The lowest BCUT2D eigenvalue weighted by molar-refractivity contribution is 0.0219. The molecule has 5 heteroatoms. The van der Waals surface area contributed by atoms with Crippen molar-refractivity contribution in [3.8, 4) is 5.75 Å². The number of amides is 1. The van der Waals surface area contributed by atoms with E-state index in [1.165, 1.54) is 0 Å². The van der Waals surface area contributed by atoms with E-state index in [0.29, 0.717) is 13.1 Å². The van der Waals surface area contributed by atoms with Crippen LogP contribution in [-0.2, 0) is 4.74 Å². The van der Waals surface area contributed by atoms with Crippen LogP contribution in [0.25, 0.3) is 0 Å². The fourth-order valence-electron chi connectivity index (χ4n) is 2.62. The number of anilines is 1. The van der Waals surface area contributed by atoms with Gasteiger partial charge in [0.1, 0.15) is 11.4 Å². The van der Waals surface area contributed by atoms with Crippen molar-refractivity contribution in [3.05, 3.63) is 24.3 Å². The fourth-order valence-corrected chi connectivity index (χ4v) is 2.62. The average molecular weight is 306 g/mol. The zero-order valence-corrected chi connectivity index (χ0v) is 14.1. The third-order valence-electron chi connectivity index (χ3n) is 3.66. The SMILES string of the molecule is COc1cccc(N2CCN(C(=O)OC(C)(C)C)C[C@H]2C)c1. The summed E-state index contributed by atoms with van der Waals surface area (Å²) in [5.74, 6) is 0.847. The maximum Gasteiger partial charge on any atom is 0.410 e. The Kier molecular flexibility index (Phi) is 4.84. The van der Waals surface area contributed by atoms with Crippen LogP contribution in [0.3, 0.4) is 0 Å². The predicted octanol–water partition coefficient (Wildman–Crippen LogP) is 3.14. The molecule has 1 aliphatic heterocycles. The molecule has 0 unspecified atom stereocenters. The first-order valence-corrected chi connectivity index (χ1v) is 7.69. The van der Waals surface area contributed by atoms with Crippen LogP contribution in [-0.4, -0.2) is 49.4 Å². The van der Waals surface area contributed by atoms with E-state index >= 15 is 0 Å². The van der Waals surface area contributed by atoms with Gasteiger partial charge < -0.3 is 19.3 Å². The Morgan fingerprint density at radius 3 is 2.59 bits per heavy atom. The molecule has 0 aromatic heterocycles. The first kappa shape index (κ1) is 16.5. The smallest absolute Gasteiger partial charge is 0.410 e.